The van der Waals surface area contributed by atoms with Gasteiger partial charge in [0.15, 0.2) is 5.78 Å². The highest BCUT2D eigenvalue weighted by molar-refractivity contribution is 6.13. The van der Waals surface area contributed by atoms with Crippen molar-refractivity contribution in [3.63, 3.8) is 0 Å². The second-order valence-electron chi connectivity index (χ2n) is 5.09. The summed E-state index contributed by atoms with van der Waals surface area (Å²) < 4.78 is 18.4. The van der Waals surface area contributed by atoms with Crippen molar-refractivity contribution in [1.29, 1.82) is 0 Å². The van der Waals surface area contributed by atoms with Gasteiger partial charge in [0.1, 0.15) is 11.6 Å². The molecule has 0 spiro atoms. The number of benzene rings is 2. The van der Waals surface area contributed by atoms with Gasteiger partial charge in [-0.25, -0.2) is 4.39 Å². The Labute approximate surface area is 131 Å². The molecule has 3 rings (SSSR count). The Morgan fingerprint density at radius 3 is 2.61 bits per heavy atom. The number of carbonyl (C=O) groups is 1. The Kier molecular flexibility index (Phi) is 3.89. The number of hydrogen-bond acceptors (Lipinski definition) is 4. The summed E-state index contributed by atoms with van der Waals surface area (Å²) in [4.78, 5) is 23.0. The summed E-state index contributed by atoms with van der Waals surface area (Å²) in [5.74, 6) is -0.336. The number of nitro benzene ring substituents is 1. The van der Waals surface area contributed by atoms with Crippen LogP contribution in [0.15, 0.2) is 48.0 Å². The Balaban J connectivity index is 2.01. The van der Waals surface area contributed by atoms with E-state index >= 15 is 0 Å². The van der Waals surface area contributed by atoms with Gasteiger partial charge in [0.2, 0.25) is 0 Å². The van der Waals surface area contributed by atoms with Crippen LogP contribution in [0.3, 0.4) is 0 Å². The first-order valence-corrected chi connectivity index (χ1v) is 6.96. The summed E-state index contributed by atoms with van der Waals surface area (Å²) in [5.41, 5.74) is 1.16. The number of Topliss-reactive ketones (excluding diaryl/α,β-unsaturated/α-hetero) is 1. The first-order valence-electron chi connectivity index (χ1n) is 6.96. The third-order valence-corrected chi connectivity index (χ3v) is 3.55. The molecule has 5 nitrogen and oxygen atoms in total. The van der Waals surface area contributed by atoms with Gasteiger partial charge < -0.3 is 4.74 Å². The van der Waals surface area contributed by atoms with Crippen molar-refractivity contribution in [2.75, 3.05) is 6.61 Å². The largest absolute Gasteiger partial charge is 0.492 e. The maximum Gasteiger partial charge on any atom is 0.270 e. The minimum absolute atomic E-state index is 0.163. The van der Waals surface area contributed by atoms with E-state index in [0.717, 1.165) is 0 Å². The molecule has 0 bridgehead atoms. The molecule has 1 aliphatic heterocycles. The third-order valence-electron chi connectivity index (χ3n) is 3.55. The Bertz CT molecular complexity index is 812. The number of fused-ring (bicyclic) bond motifs is 1. The molecule has 0 saturated carbocycles. The first kappa shape index (κ1) is 14.9. The number of nitrogens with zero attached hydrogens (tertiary/aromatic N) is 1. The zero-order valence-corrected chi connectivity index (χ0v) is 12.0. The molecule has 2 aromatic rings. The molecule has 6 heteroatoms. The maximum absolute atomic E-state index is 13.0. The number of halogens is 1. The zero-order valence-electron chi connectivity index (χ0n) is 12.0. The quantitative estimate of drug-likeness (QED) is 0.480. The molecule has 116 valence electrons. The van der Waals surface area contributed by atoms with Gasteiger partial charge in [-0.1, -0.05) is 12.1 Å². The summed E-state index contributed by atoms with van der Waals surface area (Å²) >= 11 is 0. The number of ether oxygens (including phenoxy) is 1. The predicted molar refractivity (Wildman–Crippen MR) is 81.9 cm³/mol. The molecule has 0 N–H and O–H groups in total. The van der Waals surface area contributed by atoms with Crippen molar-refractivity contribution < 1.29 is 18.8 Å². The van der Waals surface area contributed by atoms with Crippen LogP contribution in [0.2, 0.25) is 0 Å². The van der Waals surface area contributed by atoms with E-state index in [0.29, 0.717) is 29.9 Å². The lowest BCUT2D eigenvalue weighted by Gasteiger charge is -2.05. The summed E-state index contributed by atoms with van der Waals surface area (Å²) in [5, 5.41) is 10.9. The van der Waals surface area contributed by atoms with Crippen LogP contribution < -0.4 is 4.74 Å². The molecule has 0 fully saturated rings. The highest BCUT2D eigenvalue weighted by Gasteiger charge is 2.23. The van der Waals surface area contributed by atoms with Crippen LogP contribution in [0.1, 0.15) is 22.3 Å². The van der Waals surface area contributed by atoms with E-state index in [1.165, 1.54) is 30.3 Å². The van der Waals surface area contributed by atoms with Gasteiger partial charge in [-0.05, 0) is 29.8 Å². The minimum Gasteiger partial charge on any atom is -0.492 e. The molecular weight excluding hydrogens is 301 g/mol. The van der Waals surface area contributed by atoms with Crippen molar-refractivity contribution >= 4 is 17.5 Å². The molecule has 0 saturated heterocycles. The van der Waals surface area contributed by atoms with Crippen molar-refractivity contribution in [1.82, 2.24) is 0 Å². The number of ketones is 1. The lowest BCUT2D eigenvalue weighted by atomic mass is 9.98. The normalized spacial score (nSPS) is 15.7. The van der Waals surface area contributed by atoms with Crippen LogP contribution in [0, 0.1) is 15.9 Å². The van der Waals surface area contributed by atoms with Crippen molar-refractivity contribution in [2.45, 2.75) is 6.42 Å². The third kappa shape index (κ3) is 3.11. The lowest BCUT2D eigenvalue weighted by molar-refractivity contribution is -0.384. The number of non-ortho nitro benzene ring substituents is 1. The number of rotatable bonds is 2. The first-order chi connectivity index (χ1) is 11.0. The van der Waals surface area contributed by atoms with Crippen LogP contribution in [0.25, 0.3) is 6.08 Å². The van der Waals surface area contributed by atoms with Gasteiger partial charge in [0.25, 0.3) is 5.69 Å². The van der Waals surface area contributed by atoms with Crippen molar-refractivity contribution in [2.24, 2.45) is 0 Å². The van der Waals surface area contributed by atoms with Gasteiger partial charge in [0.05, 0.1) is 17.1 Å². The maximum atomic E-state index is 13.0. The number of nitro groups is 1. The van der Waals surface area contributed by atoms with E-state index in [4.69, 9.17) is 4.74 Å². The molecule has 0 atom stereocenters. The lowest BCUT2D eigenvalue weighted by Crippen LogP contribution is -2.03. The molecule has 1 aliphatic rings. The van der Waals surface area contributed by atoms with Crippen LogP contribution in [0.4, 0.5) is 10.1 Å². The summed E-state index contributed by atoms with van der Waals surface area (Å²) in [7, 11) is 0. The molecule has 0 aromatic heterocycles. The van der Waals surface area contributed by atoms with Gasteiger partial charge >= 0.3 is 0 Å². The molecule has 0 radical (unpaired) electrons. The van der Waals surface area contributed by atoms with Crippen LogP contribution in [0.5, 0.6) is 5.75 Å². The topological polar surface area (TPSA) is 69.4 Å². The summed E-state index contributed by atoms with van der Waals surface area (Å²) in [6.45, 7) is 0.295. The number of hydrogen-bond donors (Lipinski definition) is 0. The molecule has 2 aromatic carbocycles. The molecule has 0 amide bonds. The Morgan fingerprint density at radius 2 is 1.91 bits per heavy atom. The average Bonchev–Trinajstić information content (AvgIpc) is 2.69. The van der Waals surface area contributed by atoms with Crippen LogP contribution in [-0.4, -0.2) is 17.3 Å². The van der Waals surface area contributed by atoms with E-state index in [-0.39, 0.29) is 22.9 Å². The van der Waals surface area contributed by atoms with E-state index in [1.54, 1.807) is 18.2 Å². The fourth-order valence-corrected chi connectivity index (χ4v) is 2.39. The van der Waals surface area contributed by atoms with Crippen LogP contribution in [-0.2, 0) is 0 Å². The van der Waals surface area contributed by atoms with E-state index < -0.39 is 4.92 Å². The van der Waals surface area contributed by atoms with E-state index in [2.05, 4.69) is 0 Å². The van der Waals surface area contributed by atoms with Gasteiger partial charge in [-0.15, -0.1) is 0 Å². The Morgan fingerprint density at radius 1 is 1.17 bits per heavy atom. The zero-order chi connectivity index (χ0) is 16.4. The fraction of sp³-hybridized carbons (Fsp3) is 0.118. The summed E-state index contributed by atoms with van der Waals surface area (Å²) in [6, 6.07) is 9.71. The highest BCUT2D eigenvalue weighted by Crippen LogP contribution is 2.30. The molecular formula is C17H12FNO4. The average molecular weight is 313 g/mol. The van der Waals surface area contributed by atoms with Crippen molar-refractivity contribution in [3.8, 4) is 5.75 Å². The molecule has 0 unspecified atom stereocenters. The standard InChI is InChI=1S/C17H12FNO4/c18-13-3-1-11(2-4-13)9-12-7-8-23-16-6-5-14(19(21)22)10-15(16)17(12)20/h1-6,9-10H,7-8H2/b12-9+. The van der Waals surface area contributed by atoms with Crippen molar-refractivity contribution in [3.05, 3.63) is 75.1 Å². The predicted octanol–water partition coefficient (Wildman–Crippen LogP) is 3.78. The molecule has 0 aliphatic carbocycles. The van der Waals surface area contributed by atoms with Crippen LogP contribution >= 0.6 is 0 Å². The second-order valence-corrected chi connectivity index (χ2v) is 5.09. The van der Waals surface area contributed by atoms with E-state index in [1.807, 2.05) is 0 Å². The number of carbonyl (C=O) groups excluding carboxylic acids is 1. The minimum atomic E-state index is -0.554. The summed E-state index contributed by atoms with van der Waals surface area (Å²) in [6.07, 6.45) is 2.03. The highest BCUT2D eigenvalue weighted by atomic mass is 19.1. The van der Waals surface area contributed by atoms with Gasteiger partial charge in [0, 0.05) is 24.1 Å². The molecule has 1 heterocycles. The van der Waals surface area contributed by atoms with Gasteiger partial charge in [-0.2, -0.15) is 0 Å². The second kappa shape index (κ2) is 6.00. The molecule has 23 heavy (non-hydrogen) atoms. The van der Waals surface area contributed by atoms with E-state index in [9.17, 15) is 19.3 Å². The SMILES string of the molecule is O=C1/C(=C/c2ccc(F)cc2)CCOc2ccc([N+](=O)[O-])cc21. The smallest absolute Gasteiger partial charge is 0.270 e. The Hall–Kier alpha value is -3.02. The monoisotopic (exact) mass is 313 g/mol. The van der Waals surface area contributed by atoms with Gasteiger partial charge in [-0.3, -0.25) is 14.9 Å². The fourth-order valence-electron chi connectivity index (χ4n) is 2.39.